The Balaban J connectivity index is 0.00000324. The van der Waals surface area contributed by atoms with Gasteiger partial charge in [-0.2, -0.15) is 0 Å². The Bertz CT molecular complexity index is 546. The van der Waals surface area contributed by atoms with E-state index in [0.29, 0.717) is 30.6 Å². The van der Waals surface area contributed by atoms with E-state index in [2.05, 4.69) is 5.32 Å². The molecule has 5 N–H and O–H groups in total. The summed E-state index contributed by atoms with van der Waals surface area (Å²) in [5.74, 6) is -0.204. The summed E-state index contributed by atoms with van der Waals surface area (Å²) in [5.41, 5.74) is 6.24. The van der Waals surface area contributed by atoms with E-state index in [9.17, 15) is 13.2 Å². The number of benzene rings is 1. The van der Waals surface area contributed by atoms with Gasteiger partial charge in [-0.3, -0.25) is 4.79 Å². The Morgan fingerprint density at radius 1 is 1.37 bits per heavy atom. The van der Waals surface area contributed by atoms with Gasteiger partial charge in [-0.15, -0.1) is 12.4 Å². The molecule has 0 fully saturated rings. The summed E-state index contributed by atoms with van der Waals surface area (Å²) in [4.78, 5) is 11.5. The first-order valence-electron chi connectivity index (χ1n) is 5.48. The zero-order valence-electron chi connectivity index (χ0n) is 10.5. The van der Waals surface area contributed by atoms with Gasteiger partial charge in [0.1, 0.15) is 0 Å². The number of nitrogens with two attached hydrogens (primary N) is 2. The number of rotatable bonds is 5. The highest BCUT2D eigenvalue weighted by molar-refractivity contribution is 7.89. The fraction of sp³-hybridized carbons (Fsp3) is 0.364. The van der Waals surface area contributed by atoms with Gasteiger partial charge in [0.25, 0.3) is 0 Å². The lowest BCUT2D eigenvalue weighted by atomic mass is 10.2. The third-order valence-electron chi connectivity index (χ3n) is 2.39. The van der Waals surface area contributed by atoms with Gasteiger partial charge in [0.05, 0.1) is 4.90 Å². The standard InChI is InChI=1S/C11H17N3O3S.ClH/c1-8-4-5-9(7-10(8)18(13,16)17)14-11(15)3-2-6-12;/h4-5,7H,2-3,6,12H2,1H3,(H,14,15)(H2,13,16,17);1H. The van der Waals surface area contributed by atoms with Crippen molar-refractivity contribution in [2.24, 2.45) is 10.9 Å². The molecule has 0 saturated heterocycles. The van der Waals surface area contributed by atoms with Gasteiger partial charge in [-0.05, 0) is 37.6 Å². The number of anilines is 1. The number of hydrogen-bond donors (Lipinski definition) is 3. The molecule has 0 unspecified atom stereocenters. The van der Waals surface area contributed by atoms with Crippen LogP contribution in [0.2, 0.25) is 0 Å². The Kier molecular flexibility index (Phi) is 6.99. The first-order chi connectivity index (χ1) is 8.34. The van der Waals surface area contributed by atoms with Crippen molar-refractivity contribution in [2.45, 2.75) is 24.7 Å². The molecular formula is C11H18ClN3O3S. The Morgan fingerprint density at radius 3 is 2.53 bits per heavy atom. The minimum Gasteiger partial charge on any atom is -0.330 e. The summed E-state index contributed by atoms with van der Waals surface area (Å²) in [6.07, 6.45) is 0.884. The molecule has 0 aliphatic heterocycles. The van der Waals surface area contributed by atoms with Crippen molar-refractivity contribution < 1.29 is 13.2 Å². The minimum atomic E-state index is -3.78. The topological polar surface area (TPSA) is 115 Å². The molecule has 1 aromatic rings. The van der Waals surface area contributed by atoms with Crippen LogP contribution in [0.4, 0.5) is 5.69 Å². The number of primary sulfonamides is 1. The zero-order valence-corrected chi connectivity index (χ0v) is 12.2. The minimum absolute atomic E-state index is 0. The largest absolute Gasteiger partial charge is 0.330 e. The highest BCUT2D eigenvalue weighted by Gasteiger charge is 2.12. The fourth-order valence-corrected chi connectivity index (χ4v) is 2.28. The monoisotopic (exact) mass is 307 g/mol. The Morgan fingerprint density at radius 2 is 2.00 bits per heavy atom. The molecule has 6 nitrogen and oxygen atoms in total. The lowest BCUT2D eigenvalue weighted by Crippen LogP contribution is -2.16. The lowest BCUT2D eigenvalue weighted by molar-refractivity contribution is -0.116. The number of nitrogens with one attached hydrogen (secondary N) is 1. The number of halogens is 1. The third-order valence-corrected chi connectivity index (χ3v) is 3.44. The Labute approximate surface area is 119 Å². The van der Waals surface area contributed by atoms with Gasteiger partial charge in [0.15, 0.2) is 0 Å². The highest BCUT2D eigenvalue weighted by Crippen LogP contribution is 2.19. The van der Waals surface area contributed by atoms with E-state index in [-0.39, 0.29) is 23.2 Å². The van der Waals surface area contributed by atoms with Crippen molar-refractivity contribution in [1.82, 2.24) is 0 Å². The molecule has 1 rings (SSSR count). The molecule has 0 radical (unpaired) electrons. The molecule has 0 aliphatic rings. The predicted molar refractivity (Wildman–Crippen MR) is 76.7 cm³/mol. The lowest BCUT2D eigenvalue weighted by Gasteiger charge is -2.08. The number of amides is 1. The van der Waals surface area contributed by atoms with E-state index in [4.69, 9.17) is 10.9 Å². The average Bonchev–Trinajstić information content (AvgIpc) is 2.27. The van der Waals surface area contributed by atoms with Crippen LogP contribution in [0.1, 0.15) is 18.4 Å². The van der Waals surface area contributed by atoms with Gasteiger partial charge in [0, 0.05) is 12.1 Å². The number of aryl methyl sites for hydroxylation is 1. The molecule has 0 heterocycles. The second-order valence-electron chi connectivity index (χ2n) is 3.97. The molecule has 0 saturated carbocycles. The maximum atomic E-state index is 11.5. The van der Waals surface area contributed by atoms with Crippen molar-refractivity contribution in [3.8, 4) is 0 Å². The van der Waals surface area contributed by atoms with Crippen molar-refractivity contribution in [3.63, 3.8) is 0 Å². The van der Waals surface area contributed by atoms with Crippen molar-refractivity contribution in [3.05, 3.63) is 23.8 Å². The number of carbonyl (C=O) groups is 1. The normalized spacial score (nSPS) is 10.7. The first-order valence-corrected chi connectivity index (χ1v) is 7.02. The zero-order chi connectivity index (χ0) is 13.8. The van der Waals surface area contributed by atoms with Crippen LogP contribution in [0, 0.1) is 6.92 Å². The molecule has 108 valence electrons. The summed E-state index contributed by atoms with van der Waals surface area (Å²) >= 11 is 0. The van der Waals surface area contributed by atoms with Crippen molar-refractivity contribution in [1.29, 1.82) is 0 Å². The molecule has 0 aliphatic carbocycles. The van der Waals surface area contributed by atoms with Crippen LogP contribution < -0.4 is 16.2 Å². The summed E-state index contributed by atoms with van der Waals surface area (Å²) in [6.45, 7) is 2.07. The number of hydrogen-bond acceptors (Lipinski definition) is 4. The van der Waals surface area contributed by atoms with E-state index in [1.807, 2.05) is 0 Å². The van der Waals surface area contributed by atoms with E-state index < -0.39 is 10.0 Å². The molecule has 0 bridgehead atoms. The van der Waals surface area contributed by atoms with Crippen LogP contribution in [-0.2, 0) is 14.8 Å². The van der Waals surface area contributed by atoms with E-state index in [1.54, 1.807) is 19.1 Å². The van der Waals surface area contributed by atoms with Crippen LogP contribution in [-0.4, -0.2) is 20.9 Å². The maximum Gasteiger partial charge on any atom is 0.238 e. The molecule has 0 atom stereocenters. The van der Waals surface area contributed by atoms with Crippen molar-refractivity contribution >= 4 is 34.0 Å². The molecule has 0 spiro atoms. The molecule has 0 aromatic heterocycles. The van der Waals surface area contributed by atoms with Gasteiger partial charge < -0.3 is 11.1 Å². The molecule has 1 amide bonds. The van der Waals surface area contributed by atoms with Gasteiger partial charge in [-0.1, -0.05) is 6.07 Å². The summed E-state index contributed by atoms with van der Waals surface area (Å²) < 4.78 is 22.6. The molecular weight excluding hydrogens is 290 g/mol. The third kappa shape index (κ3) is 5.56. The first kappa shape index (κ1) is 17.8. The summed E-state index contributed by atoms with van der Waals surface area (Å²) in [7, 11) is -3.78. The molecule has 8 heteroatoms. The van der Waals surface area contributed by atoms with Crippen LogP contribution in [0.3, 0.4) is 0 Å². The van der Waals surface area contributed by atoms with Crippen LogP contribution in [0.15, 0.2) is 23.1 Å². The molecule has 19 heavy (non-hydrogen) atoms. The fourth-order valence-electron chi connectivity index (χ4n) is 1.47. The summed E-state index contributed by atoms with van der Waals surface area (Å²) in [5, 5.41) is 7.68. The van der Waals surface area contributed by atoms with E-state index in [1.165, 1.54) is 6.07 Å². The maximum absolute atomic E-state index is 11.5. The quantitative estimate of drug-likeness (QED) is 0.744. The van der Waals surface area contributed by atoms with Crippen molar-refractivity contribution in [2.75, 3.05) is 11.9 Å². The number of sulfonamides is 1. The second-order valence-corrected chi connectivity index (χ2v) is 5.50. The second kappa shape index (κ2) is 7.44. The van der Waals surface area contributed by atoms with E-state index in [0.717, 1.165) is 0 Å². The predicted octanol–water partition coefficient (Wildman–Crippen LogP) is 0.742. The SMILES string of the molecule is Cc1ccc(NC(=O)CCCN)cc1S(N)(=O)=O.Cl. The number of carbonyl (C=O) groups excluding carboxylic acids is 1. The van der Waals surface area contributed by atoms with Gasteiger partial charge >= 0.3 is 0 Å². The van der Waals surface area contributed by atoms with Gasteiger partial charge in [0.2, 0.25) is 15.9 Å². The van der Waals surface area contributed by atoms with Crippen LogP contribution >= 0.6 is 12.4 Å². The highest BCUT2D eigenvalue weighted by atomic mass is 35.5. The smallest absolute Gasteiger partial charge is 0.238 e. The summed E-state index contributed by atoms with van der Waals surface area (Å²) in [6, 6.07) is 4.58. The van der Waals surface area contributed by atoms with E-state index >= 15 is 0 Å². The van der Waals surface area contributed by atoms with Gasteiger partial charge in [-0.25, -0.2) is 13.6 Å². The molecule has 1 aromatic carbocycles. The Hall–Kier alpha value is -1.15. The van der Waals surface area contributed by atoms with Crippen LogP contribution in [0.5, 0.6) is 0 Å². The van der Waals surface area contributed by atoms with Crippen LogP contribution in [0.25, 0.3) is 0 Å². The average molecular weight is 308 g/mol.